The van der Waals surface area contributed by atoms with Crippen molar-refractivity contribution in [2.24, 2.45) is 0 Å². The molecule has 0 unspecified atom stereocenters. The number of amides is 2. The number of thiazole rings is 1. The number of urea groups is 1. The monoisotopic (exact) mass is 331 g/mol. The fourth-order valence-corrected chi connectivity index (χ4v) is 3.43. The molecule has 0 aromatic carbocycles. The van der Waals surface area contributed by atoms with Crippen molar-refractivity contribution in [3.05, 3.63) is 41.2 Å². The van der Waals surface area contributed by atoms with Gasteiger partial charge in [-0.25, -0.2) is 9.78 Å². The molecular weight excluding hydrogens is 310 g/mol. The Hall–Kier alpha value is -2.15. The maximum Gasteiger partial charge on any atom is 0.315 e. The summed E-state index contributed by atoms with van der Waals surface area (Å²) >= 11 is 1.69. The van der Waals surface area contributed by atoms with Crippen molar-refractivity contribution in [1.82, 2.24) is 20.6 Å². The van der Waals surface area contributed by atoms with Gasteiger partial charge >= 0.3 is 6.03 Å². The summed E-state index contributed by atoms with van der Waals surface area (Å²) in [6.45, 7) is 3.29. The first-order valence-corrected chi connectivity index (χ1v) is 8.79. The van der Waals surface area contributed by atoms with Gasteiger partial charge in [-0.2, -0.15) is 0 Å². The summed E-state index contributed by atoms with van der Waals surface area (Å²) in [5.41, 5.74) is 2.03. The maximum absolute atomic E-state index is 11.8. The molecule has 0 saturated carbocycles. The fraction of sp³-hybridized carbons (Fsp3) is 0.438. The highest BCUT2D eigenvalue weighted by molar-refractivity contribution is 7.13. The molecule has 0 atom stereocenters. The average Bonchev–Trinajstić information content (AvgIpc) is 3.25. The number of rotatable bonds is 6. The summed E-state index contributed by atoms with van der Waals surface area (Å²) in [6, 6.07) is 3.63. The van der Waals surface area contributed by atoms with Gasteiger partial charge in [-0.15, -0.1) is 11.3 Å². The van der Waals surface area contributed by atoms with Gasteiger partial charge in [0.05, 0.1) is 5.69 Å². The van der Waals surface area contributed by atoms with Gasteiger partial charge in [0.2, 0.25) is 0 Å². The van der Waals surface area contributed by atoms with Crippen LogP contribution < -0.4 is 15.5 Å². The molecule has 2 amide bonds. The number of hydrogen-bond acceptors (Lipinski definition) is 5. The van der Waals surface area contributed by atoms with E-state index in [2.05, 4.69) is 30.9 Å². The number of anilines is 1. The molecule has 7 heteroatoms. The summed E-state index contributed by atoms with van der Waals surface area (Å²) in [4.78, 5) is 22.8. The minimum absolute atomic E-state index is 0.163. The molecule has 1 aliphatic heterocycles. The van der Waals surface area contributed by atoms with Gasteiger partial charge in [0.15, 0.2) is 5.13 Å². The lowest BCUT2D eigenvalue weighted by molar-refractivity contribution is 0.240. The van der Waals surface area contributed by atoms with E-state index in [-0.39, 0.29) is 6.03 Å². The number of aromatic nitrogens is 2. The zero-order chi connectivity index (χ0) is 15.9. The van der Waals surface area contributed by atoms with Crippen molar-refractivity contribution in [3.8, 4) is 0 Å². The molecule has 3 heterocycles. The van der Waals surface area contributed by atoms with Crippen molar-refractivity contribution in [3.63, 3.8) is 0 Å². The van der Waals surface area contributed by atoms with Crippen LogP contribution in [0.1, 0.15) is 24.1 Å². The van der Waals surface area contributed by atoms with Crippen LogP contribution >= 0.6 is 11.3 Å². The third kappa shape index (κ3) is 4.66. The number of nitrogens with zero attached hydrogens (tertiary/aromatic N) is 3. The smallest absolute Gasteiger partial charge is 0.315 e. The van der Waals surface area contributed by atoms with Crippen molar-refractivity contribution < 1.29 is 4.79 Å². The summed E-state index contributed by atoms with van der Waals surface area (Å²) in [5, 5.41) is 8.88. The molecule has 0 radical (unpaired) electrons. The molecule has 1 fully saturated rings. The van der Waals surface area contributed by atoms with E-state index >= 15 is 0 Å². The Morgan fingerprint density at radius 3 is 2.96 bits per heavy atom. The molecular formula is C16H21N5OS. The number of pyridine rings is 1. The predicted molar refractivity (Wildman–Crippen MR) is 91.7 cm³/mol. The zero-order valence-electron chi connectivity index (χ0n) is 13.0. The zero-order valence-corrected chi connectivity index (χ0v) is 13.8. The van der Waals surface area contributed by atoms with Crippen LogP contribution in [0.4, 0.5) is 9.93 Å². The average molecular weight is 331 g/mol. The topological polar surface area (TPSA) is 70.2 Å². The lowest BCUT2D eigenvalue weighted by Gasteiger charge is -2.12. The molecule has 1 saturated heterocycles. The van der Waals surface area contributed by atoms with Gasteiger partial charge in [-0.3, -0.25) is 4.98 Å². The summed E-state index contributed by atoms with van der Waals surface area (Å²) < 4.78 is 0. The lowest BCUT2D eigenvalue weighted by Crippen LogP contribution is -2.36. The Kier molecular flexibility index (Phi) is 5.42. The minimum Gasteiger partial charge on any atom is -0.348 e. The maximum atomic E-state index is 11.8. The van der Waals surface area contributed by atoms with Crippen LogP contribution in [0.15, 0.2) is 29.9 Å². The molecule has 23 heavy (non-hydrogen) atoms. The van der Waals surface area contributed by atoms with Gasteiger partial charge < -0.3 is 15.5 Å². The highest BCUT2D eigenvalue weighted by atomic mass is 32.1. The molecule has 2 aromatic rings. The number of nitrogens with one attached hydrogen (secondary N) is 2. The van der Waals surface area contributed by atoms with Crippen LogP contribution in [0.25, 0.3) is 0 Å². The molecule has 2 N–H and O–H groups in total. The highest BCUT2D eigenvalue weighted by Crippen LogP contribution is 2.24. The van der Waals surface area contributed by atoms with Gasteiger partial charge in [0.1, 0.15) is 0 Å². The molecule has 0 spiro atoms. The first-order valence-electron chi connectivity index (χ1n) is 7.91. The van der Waals surface area contributed by atoms with E-state index in [0.717, 1.165) is 35.9 Å². The van der Waals surface area contributed by atoms with E-state index in [1.807, 2.05) is 12.1 Å². The normalized spacial score (nSPS) is 14.0. The number of carbonyl (C=O) groups excluding carboxylic acids is 1. The number of carbonyl (C=O) groups is 1. The van der Waals surface area contributed by atoms with Crippen molar-refractivity contribution in [1.29, 1.82) is 0 Å². The highest BCUT2D eigenvalue weighted by Gasteiger charge is 2.15. The van der Waals surface area contributed by atoms with E-state index in [0.29, 0.717) is 13.1 Å². The summed E-state index contributed by atoms with van der Waals surface area (Å²) in [7, 11) is 0. The molecule has 0 bridgehead atoms. The molecule has 0 aliphatic carbocycles. The van der Waals surface area contributed by atoms with E-state index in [1.165, 1.54) is 12.8 Å². The van der Waals surface area contributed by atoms with Crippen LogP contribution in [0.2, 0.25) is 0 Å². The third-order valence-corrected chi connectivity index (χ3v) is 4.71. The lowest BCUT2D eigenvalue weighted by atomic mass is 10.3. The molecule has 6 nitrogen and oxygen atoms in total. The second kappa shape index (κ2) is 7.92. The molecule has 1 aliphatic rings. The first kappa shape index (κ1) is 15.7. The second-order valence-corrected chi connectivity index (χ2v) is 6.37. The Morgan fingerprint density at radius 1 is 1.30 bits per heavy atom. The summed E-state index contributed by atoms with van der Waals surface area (Å²) in [6.07, 6.45) is 6.73. The van der Waals surface area contributed by atoms with E-state index in [1.54, 1.807) is 23.7 Å². The SMILES string of the molecule is O=C(NCCc1csc(N2CCCC2)n1)NCc1cccnc1. The minimum atomic E-state index is -0.163. The van der Waals surface area contributed by atoms with Crippen molar-refractivity contribution >= 4 is 22.5 Å². The Morgan fingerprint density at radius 2 is 2.17 bits per heavy atom. The van der Waals surface area contributed by atoms with Gasteiger partial charge in [0.25, 0.3) is 0 Å². The van der Waals surface area contributed by atoms with Crippen LogP contribution in [-0.2, 0) is 13.0 Å². The Labute approximate surface area is 140 Å². The van der Waals surface area contributed by atoms with Gasteiger partial charge in [0, 0.05) is 50.4 Å². The van der Waals surface area contributed by atoms with Crippen LogP contribution in [-0.4, -0.2) is 35.6 Å². The molecule has 3 rings (SSSR count). The fourth-order valence-electron chi connectivity index (χ4n) is 2.52. The van der Waals surface area contributed by atoms with E-state index < -0.39 is 0 Å². The van der Waals surface area contributed by atoms with Crippen LogP contribution in [0.5, 0.6) is 0 Å². The van der Waals surface area contributed by atoms with Crippen LogP contribution in [0, 0.1) is 0 Å². The number of hydrogen-bond donors (Lipinski definition) is 2. The van der Waals surface area contributed by atoms with Gasteiger partial charge in [-0.05, 0) is 24.5 Å². The largest absolute Gasteiger partial charge is 0.348 e. The predicted octanol–water partition coefficient (Wildman–Crippen LogP) is 2.18. The van der Waals surface area contributed by atoms with Crippen molar-refractivity contribution in [2.75, 3.05) is 24.5 Å². The molecule has 2 aromatic heterocycles. The molecule has 122 valence electrons. The van der Waals surface area contributed by atoms with E-state index in [4.69, 9.17) is 0 Å². The quantitative estimate of drug-likeness (QED) is 0.851. The Bertz CT molecular complexity index is 624. The van der Waals surface area contributed by atoms with E-state index in [9.17, 15) is 4.79 Å². The van der Waals surface area contributed by atoms with Crippen molar-refractivity contribution in [2.45, 2.75) is 25.8 Å². The Balaban J connectivity index is 1.36. The second-order valence-electron chi connectivity index (χ2n) is 5.54. The third-order valence-electron chi connectivity index (χ3n) is 3.76. The standard InChI is InChI=1S/C16H21N5OS/c22-15(19-11-13-4-3-6-17-10-13)18-7-5-14-12-23-16(20-14)21-8-1-2-9-21/h3-4,6,10,12H,1-2,5,7-9,11H2,(H2,18,19,22). The van der Waals surface area contributed by atoms with Crippen LogP contribution in [0.3, 0.4) is 0 Å². The summed E-state index contributed by atoms with van der Waals surface area (Å²) in [5.74, 6) is 0. The van der Waals surface area contributed by atoms with Gasteiger partial charge in [-0.1, -0.05) is 6.07 Å². The first-order chi connectivity index (χ1) is 11.3.